The second kappa shape index (κ2) is 8.06. The van der Waals surface area contributed by atoms with Crippen molar-refractivity contribution in [1.29, 1.82) is 0 Å². The van der Waals surface area contributed by atoms with Crippen molar-refractivity contribution in [2.24, 2.45) is 5.92 Å². The summed E-state index contributed by atoms with van der Waals surface area (Å²) in [6, 6.07) is 7.99. The van der Waals surface area contributed by atoms with Crippen molar-refractivity contribution < 1.29 is 4.74 Å². The fourth-order valence-electron chi connectivity index (χ4n) is 3.25. The number of likely N-dealkylation sites (tertiary alicyclic amines) is 1. The zero-order valence-electron chi connectivity index (χ0n) is 13.6. The van der Waals surface area contributed by atoms with Crippen molar-refractivity contribution in [2.75, 3.05) is 39.9 Å². The van der Waals surface area contributed by atoms with Crippen molar-refractivity contribution in [3.8, 4) is 0 Å². The molecule has 0 amide bonds. The van der Waals surface area contributed by atoms with Crippen LogP contribution in [0.1, 0.15) is 12.0 Å². The molecule has 2 aromatic rings. The molecular weight excluding hydrogens is 310 g/mol. The largest absolute Gasteiger partial charge is 0.383 e. The Labute approximate surface area is 142 Å². The summed E-state index contributed by atoms with van der Waals surface area (Å²) in [6.07, 6.45) is 3.09. The molecule has 1 saturated heterocycles. The molecule has 1 atom stereocenters. The lowest BCUT2D eigenvalue weighted by Gasteiger charge is -2.16. The van der Waals surface area contributed by atoms with E-state index in [-0.39, 0.29) is 0 Å². The standard InChI is InChI=1S/C18H24ClN3O/c1-23-10-9-22-8-6-14(13-22)11-20-12-15-4-5-17(19)16-3-2-7-21-18(15)16/h2-5,7,14,20H,6,8-13H2,1H3/t14-/m0/s1. The number of aromatic nitrogens is 1. The van der Waals surface area contributed by atoms with Crippen LogP contribution in [0.4, 0.5) is 0 Å². The summed E-state index contributed by atoms with van der Waals surface area (Å²) in [5.74, 6) is 0.721. The van der Waals surface area contributed by atoms with Crippen molar-refractivity contribution in [1.82, 2.24) is 15.2 Å². The highest BCUT2D eigenvalue weighted by atomic mass is 35.5. The van der Waals surface area contributed by atoms with Gasteiger partial charge in [0.2, 0.25) is 0 Å². The topological polar surface area (TPSA) is 37.4 Å². The first-order valence-corrected chi connectivity index (χ1v) is 8.60. The van der Waals surface area contributed by atoms with Gasteiger partial charge in [0.15, 0.2) is 0 Å². The van der Waals surface area contributed by atoms with Gasteiger partial charge in [0.25, 0.3) is 0 Å². The highest BCUT2D eigenvalue weighted by Crippen LogP contribution is 2.24. The van der Waals surface area contributed by atoms with Crippen molar-refractivity contribution in [3.63, 3.8) is 0 Å². The van der Waals surface area contributed by atoms with Crippen LogP contribution in [-0.2, 0) is 11.3 Å². The van der Waals surface area contributed by atoms with E-state index in [1.165, 1.54) is 18.5 Å². The van der Waals surface area contributed by atoms with Crippen LogP contribution in [0.25, 0.3) is 10.9 Å². The Morgan fingerprint density at radius 3 is 3.17 bits per heavy atom. The lowest BCUT2D eigenvalue weighted by atomic mass is 10.1. The number of benzene rings is 1. The van der Waals surface area contributed by atoms with Crippen molar-refractivity contribution >= 4 is 22.5 Å². The van der Waals surface area contributed by atoms with Gasteiger partial charge in [-0.3, -0.25) is 4.98 Å². The molecule has 0 bridgehead atoms. The minimum atomic E-state index is 0.721. The molecule has 1 aromatic heterocycles. The number of nitrogens with zero attached hydrogens (tertiary/aromatic N) is 2. The molecule has 0 saturated carbocycles. The smallest absolute Gasteiger partial charge is 0.0761 e. The number of rotatable bonds is 7. The lowest BCUT2D eigenvalue weighted by Crippen LogP contribution is -2.28. The fourth-order valence-corrected chi connectivity index (χ4v) is 3.47. The highest BCUT2D eigenvalue weighted by molar-refractivity contribution is 6.35. The molecule has 5 heteroatoms. The number of hydrogen-bond donors (Lipinski definition) is 1. The van der Waals surface area contributed by atoms with Crippen LogP contribution < -0.4 is 5.32 Å². The summed E-state index contributed by atoms with van der Waals surface area (Å²) in [5, 5.41) is 5.38. The maximum atomic E-state index is 6.25. The minimum Gasteiger partial charge on any atom is -0.383 e. The van der Waals surface area contributed by atoms with Gasteiger partial charge in [-0.25, -0.2) is 0 Å². The van der Waals surface area contributed by atoms with E-state index in [0.29, 0.717) is 0 Å². The second-order valence-electron chi connectivity index (χ2n) is 6.19. The van der Waals surface area contributed by atoms with Gasteiger partial charge < -0.3 is 15.0 Å². The Morgan fingerprint density at radius 1 is 1.39 bits per heavy atom. The van der Waals surface area contributed by atoms with Gasteiger partial charge in [-0.2, -0.15) is 0 Å². The van der Waals surface area contributed by atoms with Crippen LogP contribution in [0.2, 0.25) is 5.02 Å². The summed E-state index contributed by atoms with van der Waals surface area (Å²) in [6.45, 7) is 6.08. The molecule has 1 aliphatic heterocycles. The van der Waals surface area contributed by atoms with E-state index in [4.69, 9.17) is 16.3 Å². The van der Waals surface area contributed by atoms with Gasteiger partial charge in [-0.1, -0.05) is 17.7 Å². The Bertz CT molecular complexity index is 649. The summed E-state index contributed by atoms with van der Waals surface area (Å²) < 4.78 is 5.15. The molecule has 0 radical (unpaired) electrons. The first-order valence-electron chi connectivity index (χ1n) is 8.22. The van der Waals surface area contributed by atoms with Crippen LogP contribution in [0.15, 0.2) is 30.5 Å². The average Bonchev–Trinajstić information content (AvgIpc) is 3.03. The van der Waals surface area contributed by atoms with E-state index in [0.717, 1.165) is 54.6 Å². The van der Waals surface area contributed by atoms with Crippen LogP contribution in [-0.4, -0.2) is 49.8 Å². The molecule has 1 fully saturated rings. The monoisotopic (exact) mass is 333 g/mol. The van der Waals surface area contributed by atoms with Crippen LogP contribution in [0.5, 0.6) is 0 Å². The molecule has 1 aromatic carbocycles. The summed E-state index contributed by atoms with van der Waals surface area (Å²) in [5.41, 5.74) is 2.21. The molecule has 1 aliphatic rings. The lowest BCUT2D eigenvalue weighted by molar-refractivity contribution is 0.159. The van der Waals surface area contributed by atoms with E-state index in [1.807, 2.05) is 24.4 Å². The van der Waals surface area contributed by atoms with Gasteiger partial charge in [-0.05, 0) is 49.2 Å². The molecule has 0 spiro atoms. The second-order valence-corrected chi connectivity index (χ2v) is 6.59. The average molecular weight is 334 g/mol. The Balaban J connectivity index is 1.53. The highest BCUT2D eigenvalue weighted by Gasteiger charge is 2.21. The SMILES string of the molecule is COCCN1CC[C@@H](CNCc2ccc(Cl)c3cccnc23)C1. The molecule has 0 unspecified atom stereocenters. The summed E-state index contributed by atoms with van der Waals surface area (Å²) in [7, 11) is 1.76. The molecule has 2 heterocycles. The van der Waals surface area contributed by atoms with Gasteiger partial charge in [0.05, 0.1) is 12.1 Å². The molecule has 1 N–H and O–H groups in total. The Hall–Kier alpha value is -1.20. The van der Waals surface area contributed by atoms with Crippen molar-refractivity contribution in [3.05, 3.63) is 41.0 Å². The molecule has 0 aliphatic carbocycles. The minimum absolute atomic E-state index is 0.721. The first kappa shape index (κ1) is 16.7. The molecule has 124 valence electrons. The van der Waals surface area contributed by atoms with Gasteiger partial charge in [0, 0.05) is 43.3 Å². The van der Waals surface area contributed by atoms with Gasteiger partial charge >= 0.3 is 0 Å². The van der Waals surface area contributed by atoms with Crippen LogP contribution in [0, 0.1) is 5.92 Å². The van der Waals surface area contributed by atoms with E-state index in [1.54, 1.807) is 7.11 Å². The Kier molecular flexibility index (Phi) is 5.84. The quantitative estimate of drug-likeness (QED) is 0.845. The van der Waals surface area contributed by atoms with Gasteiger partial charge in [-0.15, -0.1) is 0 Å². The first-order chi connectivity index (χ1) is 11.3. The predicted molar refractivity (Wildman–Crippen MR) is 94.9 cm³/mol. The number of halogens is 1. The normalized spacial score (nSPS) is 18.8. The number of fused-ring (bicyclic) bond motifs is 1. The number of methoxy groups -OCH3 is 1. The number of nitrogens with one attached hydrogen (secondary N) is 1. The van der Waals surface area contributed by atoms with Crippen molar-refractivity contribution in [2.45, 2.75) is 13.0 Å². The fraction of sp³-hybridized carbons (Fsp3) is 0.500. The van der Waals surface area contributed by atoms with Crippen LogP contribution in [0.3, 0.4) is 0 Å². The molecule has 23 heavy (non-hydrogen) atoms. The Morgan fingerprint density at radius 2 is 2.30 bits per heavy atom. The number of pyridine rings is 1. The number of ether oxygens (including phenoxy) is 1. The molecule has 3 rings (SSSR count). The zero-order chi connectivity index (χ0) is 16.1. The van der Waals surface area contributed by atoms with E-state index < -0.39 is 0 Å². The third-order valence-electron chi connectivity index (χ3n) is 4.53. The maximum Gasteiger partial charge on any atom is 0.0761 e. The van der Waals surface area contributed by atoms with E-state index in [9.17, 15) is 0 Å². The molecule has 4 nitrogen and oxygen atoms in total. The van der Waals surface area contributed by atoms with E-state index >= 15 is 0 Å². The third kappa shape index (κ3) is 4.21. The maximum absolute atomic E-state index is 6.25. The third-order valence-corrected chi connectivity index (χ3v) is 4.86. The van der Waals surface area contributed by atoms with Crippen LogP contribution >= 0.6 is 11.6 Å². The van der Waals surface area contributed by atoms with E-state index in [2.05, 4.69) is 21.3 Å². The van der Waals surface area contributed by atoms with Gasteiger partial charge in [0.1, 0.15) is 0 Å². The zero-order valence-corrected chi connectivity index (χ0v) is 14.4. The summed E-state index contributed by atoms with van der Waals surface area (Å²) >= 11 is 6.25. The molecular formula is C18H24ClN3O. The number of hydrogen-bond acceptors (Lipinski definition) is 4. The summed E-state index contributed by atoms with van der Waals surface area (Å²) in [4.78, 5) is 6.97. The predicted octanol–water partition coefficient (Wildman–Crippen LogP) is 2.95.